The Bertz CT molecular complexity index is 114. The highest BCUT2D eigenvalue weighted by molar-refractivity contribution is 5.81. The van der Waals surface area contributed by atoms with Gasteiger partial charge >= 0.3 is 0 Å². The molecule has 3 heteroatoms. The zero-order valence-electron chi connectivity index (χ0n) is 5.36. The molecule has 3 nitrogen and oxygen atoms in total. The van der Waals surface area contributed by atoms with Crippen molar-refractivity contribution in [1.82, 2.24) is 5.43 Å². The molecule has 0 aliphatic carbocycles. The van der Waals surface area contributed by atoms with Crippen molar-refractivity contribution in [3.8, 4) is 0 Å². The smallest absolute Gasteiger partial charge is 0.236 e. The summed E-state index contributed by atoms with van der Waals surface area (Å²) in [7, 11) is 0. The van der Waals surface area contributed by atoms with Crippen LogP contribution in [-0.2, 0) is 4.79 Å². The predicted molar refractivity (Wildman–Crippen MR) is 39.3 cm³/mol. The molecule has 0 saturated carbocycles. The van der Waals surface area contributed by atoms with Gasteiger partial charge in [0.05, 0.1) is 0 Å². The molecule has 0 spiro atoms. The van der Waals surface area contributed by atoms with Crippen molar-refractivity contribution < 1.29 is 4.79 Å². The number of carbonyl (C=O) groups excluding carboxylic acids is 1. The van der Waals surface area contributed by atoms with Crippen molar-refractivity contribution in [2.75, 3.05) is 0 Å². The van der Waals surface area contributed by atoms with Gasteiger partial charge in [-0.3, -0.25) is 4.79 Å². The van der Waals surface area contributed by atoms with Crippen molar-refractivity contribution in [3.63, 3.8) is 0 Å². The van der Waals surface area contributed by atoms with Gasteiger partial charge in [-0.15, -0.1) is 0 Å². The molecule has 0 aromatic carbocycles. The van der Waals surface area contributed by atoms with Gasteiger partial charge in [-0.2, -0.15) is 5.10 Å². The Morgan fingerprint density at radius 3 is 1.89 bits per heavy atom. The van der Waals surface area contributed by atoms with Gasteiger partial charge in [0.15, 0.2) is 0 Å². The molecular weight excluding hydrogens is 116 g/mol. The molecule has 9 heavy (non-hydrogen) atoms. The van der Waals surface area contributed by atoms with E-state index in [4.69, 9.17) is 0 Å². The van der Waals surface area contributed by atoms with Gasteiger partial charge in [0, 0.05) is 12.6 Å². The van der Waals surface area contributed by atoms with E-state index >= 15 is 0 Å². The van der Waals surface area contributed by atoms with E-state index in [1.807, 2.05) is 13.8 Å². The van der Waals surface area contributed by atoms with E-state index in [0.717, 1.165) is 5.71 Å². The van der Waals surface area contributed by atoms with Crippen LogP contribution in [0.3, 0.4) is 0 Å². The molecule has 1 N–H and O–H groups in total. The van der Waals surface area contributed by atoms with Crippen LogP contribution in [0.2, 0.25) is 0 Å². The summed E-state index contributed by atoms with van der Waals surface area (Å²) in [6.45, 7) is 5.05. The zero-order valence-corrected chi connectivity index (χ0v) is 5.36. The highest BCUT2D eigenvalue weighted by Crippen LogP contribution is 1.68. The number of hydrazone groups is 1. The lowest BCUT2D eigenvalue weighted by atomic mass is 10.5. The Labute approximate surface area is 56.1 Å². The first kappa shape index (κ1) is 11.0. The summed E-state index contributed by atoms with van der Waals surface area (Å²) in [5, 5.41) is 3.64. The number of amides is 1. The summed E-state index contributed by atoms with van der Waals surface area (Å²) >= 11 is 0. The summed E-state index contributed by atoms with van der Waals surface area (Å²) in [5.41, 5.74) is 3.14. The number of rotatable bonds is 1. The number of nitrogens with zero attached hydrogens (tertiary/aromatic N) is 1. The molecular formula is C6H14N2O. The zero-order chi connectivity index (χ0) is 6.57. The molecule has 0 aromatic heterocycles. The van der Waals surface area contributed by atoms with Crippen LogP contribution in [0.5, 0.6) is 0 Å². The fourth-order valence-electron chi connectivity index (χ4n) is 0.191. The first-order valence-electron chi connectivity index (χ1n) is 2.40. The van der Waals surface area contributed by atoms with Crippen molar-refractivity contribution in [1.29, 1.82) is 0 Å². The molecule has 1 amide bonds. The van der Waals surface area contributed by atoms with Crippen LogP contribution in [0.25, 0.3) is 0 Å². The molecule has 0 atom stereocenters. The lowest BCUT2D eigenvalue weighted by molar-refractivity contribution is -0.118. The summed E-state index contributed by atoms with van der Waals surface area (Å²) in [6.07, 6.45) is 0. The number of carbonyl (C=O) groups is 1. The Balaban J connectivity index is 0. The highest BCUT2D eigenvalue weighted by atomic mass is 16.2. The lowest BCUT2D eigenvalue weighted by Gasteiger charge is -1.90. The van der Waals surface area contributed by atoms with E-state index in [2.05, 4.69) is 10.5 Å². The average Bonchev–Trinajstić information content (AvgIpc) is 1.61. The van der Waals surface area contributed by atoms with Crippen molar-refractivity contribution >= 4 is 11.6 Å². The molecule has 0 unspecified atom stereocenters. The fourth-order valence-corrected chi connectivity index (χ4v) is 0.191. The van der Waals surface area contributed by atoms with Crippen LogP contribution in [0.4, 0.5) is 0 Å². The van der Waals surface area contributed by atoms with Crippen LogP contribution < -0.4 is 5.43 Å². The molecule has 54 valence electrons. The van der Waals surface area contributed by atoms with Gasteiger partial charge in [-0.1, -0.05) is 7.43 Å². The summed E-state index contributed by atoms with van der Waals surface area (Å²) in [5.74, 6) is -0.133. The number of hydrogen-bond acceptors (Lipinski definition) is 2. The van der Waals surface area contributed by atoms with E-state index in [-0.39, 0.29) is 13.3 Å². The van der Waals surface area contributed by atoms with Gasteiger partial charge in [-0.25, -0.2) is 5.43 Å². The normalized spacial score (nSPS) is 7.00. The fraction of sp³-hybridized carbons (Fsp3) is 0.667. The second-order valence-electron chi connectivity index (χ2n) is 1.73. The quantitative estimate of drug-likeness (QED) is 0.420. The van der Waals surface area contributed by atoms with Gasteiger partial charge in [0.1, 0.15) is 0 Å². The molecule has 0 heterocycles. The molecule has 0 fully saturated rings. The van der Waals surface area contributed by atoms with Gasteiger partial charge < -0.3 is 0 Å². The minimum absolute atomic E-state index is 0. The standard InChI is InChI=1S/C5H10N2O.CH4/c1-4(2)6-7-5(3)8;/h1-3H3,(H,7,8);1H4. The molecule has 0 aliphatic rings. The van der Waals surface area contributed by atoms with Gasteiger partial charge in [0.2, 0.25) is 5.91 Å². The highest BCUT2D eigenvalue weighted by Gasteiger charge is 1.82. The number of nitrogens with one attached hydrogen (secondary N) is 1. The predicted octanol–water partition coefficient (Wildman–Crippen LogP) is 1.15. The van der Waals surface area contributed by atoms with E-state index in [9.17, 15) is 4.79 Å². The van der Waals surface area contributed by atoms with E-state index < -0.39 is 0 Å². The largest absolute Gasteiger partial charge is 0.274 e. The summed E-state index contributed by atoms with van der Waals surface area (Å²) in [4.78, 5) is 10.1. The monoisotopic (exact) mass is 130 g/mol. The van der Waals surface area contributed by atoms with Gasteiger partial charge in [-0.05, 0) is 13.8 Å². The third-order valence-electron chi connectivity index (χ3n) is 0.437. The second-order valence-corrected chi connectivity index (χ2v) is 1.73. The average molecular weight is 130 g/mol. The van der Waals surface area contributed by atoms with Crippen LogP contribution >= 0.6 is 0 Å². The van der Waals surface area contributed by atoms with E-state index in [1.165, 1.54) is 6.92 Å². The van der Waals surface area contributed by atoms with Gasteiger partial charge in [0.25, 0.3) is 0 Å². The summed E-state index contributed by atoms with van der Waals surface area (Å²) < 4.78 is 0. The Morgan fingerprint density at radius 1 is 1.33 bits per heavy atom. The Morgan fingerprint density at radius 2 is 1.78 bits per heavy atom. The van der Waals surface area contributed by atoms with Crippen molar-refractivity contribution in [2.24, 2.45) is 5.10 Å². The molecule has 0 rings (SSSR count). The van der Waals surface area contributed by atoms with E-state index in [0.29, 0.717) is 0 Å². The number of hydrogen-bond donors (Lipinski definition) is 1. The molecule has 0 saturated heterocycles. The second kappa shape index (κ2) is 5.28. The topological polar surface area (TPSA) is 41.5 Å². The van der Waals surface area contributed by atoms with Crippen molar-refractivity contribution in [2.45, 2.75) is 28.2 Å². The Kier molecular flexibility index (Phi) is 6.46. The maximum Gasteiger partial charge on any atom is 0.236 e. The molecule has 0 aromatic rings. The third kappa shape index (κ3) is 11.0. The molecule has 0 radical (unpaired) electrons. The van der Waals surface area contributed by atoms with E-state index in [1.54, 1.807) is 0 Å². The van der Waals surface area contributed by atoms with Crippen LogP contribution in [-0.4, -0.2) is 11.6 Å². The molecule has 0 aliphatic heterocycles. The van der Waals surface area contributed by atoms with Crippen molar-refractivity contribution in [3.05, 3.63) is 0 Å². The first-order chi connectivity index (χ1) is 3.63. The minimum Gasteiger partial charge on any atom is -0.274 e. The first-order valence-corrected chi connectivity index (χ1v) is 2.40. The summed E-state index contributed by atoms with van der Waals surface area (Å²) in [6, 6.07) is 0. The maximum atomic E-state index is 10.1. The molecule has 0 bridgehead atoms. The van der Waals surface area contributed by atoms with Crippen LogP contribution in [0.1, 0.15) is 28.2 Å². The van der Waals surface area contributed by atoms with Crippen LogP contribution in [0.15, 0.2) is 5.10 Å². The maximum absolute atomic E-state index is 10.1. The van der Waals surface area contributed by atoms with Crippen LogP contribution in [0, 0.1) is 0 Å². The third-order valence-corrected chi connectivity index (χ3v) is 0.437. The SMILES string of the molecule is C.CC(=O)NN=C(C)C. The Hall–Kier alpha value is -0.860. The lowest BCUT2D eigenvalue weighted by Crippen LogP contribution is -2.13. The minimum atomic E-state index is -0.133.